The Balaban J connectivity index is 2.71. The number of carbonyl (C=O) groups excluding carboxylic acids is 1. The first-order valence-corrected chi connectivity index (χ1v) is 5.23. The Hall–Kier alpha value is -2.05. The van der Waals surface area contributed by atoms with Gasteiger partial charge in [0.2, 0.25) is 11.8 Å². The quantitative estimate of drug-likeness (QED) is 0.748. The summed E-state index contributed by atoms with van der Waals surface area (Å²) in [7, 11) is 3.36. The molecule has 1 amide bonds. The van der Waals surface area contributed by atoms with Crippen LogP contribution in [0.25, 0.3) is 0 Å². The van der Waals surface area contributed by atoms with Crippen molar-refractivity contribution in [2.45, 2.75) is 6.92 Å². The lowest BCUT2D eigenvalue weighted by atomic mass is 10.4. The molecule has 1 aromatic rings. The van der Waals surface area contributed by atoms with Crippen LogP contribution in [0.3, 0.4) is 0 Å². The summed E-state index contributed by atoms with van der Waals surface area (Å²) in [5.41, 5.74) is 6.10. The lowest BCUT2D eigenvalue weighted by molar-refractivity contribution is -0.126. The zero-order chi connectivity index (χ0) is 12.8. The van der Waals surface area contributed by atoms with Crippen LogP contribution >= 0.6 is 0 Å². The molecule has 17 heavy (non-hydrogen) atoms. The van der Waals surface area contributed by atoms with Gasteiger partial charge in [-0.15, -0.1) is 0 Å². The van der Waals surface area contributed by atoms with Crippen molar-refractivity contribution < 1.29 is 9.53 Å². The van der Waals surface area contributed by atoms with Gasteiger partial charge in [-0.05, 0) is 6.92 Å². The van der Waals surface area contributed by atoms with E-state index in [9.17, 15) is 4.79 Å². The SMILES string of the molecule is CCOc1ncnc(NCC(=O)N(C)C)c1N. The molecule has 1 heterocycles. The predicted molar refractivity (Wildman–Crippen MR) is 64.8 cm³/mol. The smallest absolute Gasteiger partial charge is 0.242 e. The first-order chi connectivity index (χ1) is 8.06. The molecule has 1 rings (SSSR count). The van der Waals surface area contributed by atoms with E-state index in [2.05, 4.69) is 15.3 Å². The number of nitrogens with zero attached hydrogens (tertiary/aromatic N) is 3. The van der Waals surface area contributed by atoms with Crippen molar-refractivity contribution >= 4 is 17.4 Å². The first kappa shape index (κ1) is 13.0. The lowest BCUT2D eigenvalue weighted by Gasteiger charge is -2.13. The van der Waals surface area contributed by atoms with Crippen molar-refractivity contribution in [1.82, 2.24) is 14.9 Å². The normalized spacial score (nSPS) is 9.82. The number of carbonyl (C=O) groups is 1. The maximum atomic E-state index is 11.4. The molecule has 0 radical (unpaired) electrons. The van der Waals surface area contributed by atoms with Gasteiger partial charge in [-0.2, -0.15) is 4.98 Å². The molecule has 94 valence electrons. The molecule has 1 aromatic heterocycles. The van der Waals surface area contributed by atoms with E-state index in [1.165, 1.54) is 11.2 Å². The molecule has 0 spiro atoms. The highest BCUT2D eigenvalue weighted by atomic mass is 16.5. The van der Waals surface area contributed by atoms with Crippen LogP contribution in [0.15, 0.2) is 6.33 Å². The van der Waals surface area contributed by atoms with Gasteiger partial charge in [-0.3, -0.25) is 4.79 Å². The van der Waals surface area contributed by atoms with E-state index >= 15 is 0 Å². The van der Waals surface area contributed by atoms with Crippen LogP contribution < -0.4 is 15.8 Å². The summed E-state index contributed by atoms with van der Waals surface area (Å²) in [6.07, 6.45) is 1.34. The Bertz CT molecular complexity index is 394. The van der Waals surface area contributed by atoms with Crippen LogP contribution in [0.1, 0.15) is 6.92 Å². The summed E-state index contributed by atoms with van der Waals surface area (Å²) in [6, 6.07) is 0. The summed E-state index contributed by atoms with van der Waals surface area (Å²) in [5, 5.41) is 2.85. The van der Waals surface area contributed by atoms with E-state index in [1.54, 1.807) is 14.1 Å². The minimum atomic E-state index is -0.0685. The molecule has 0 aliphatic heterocycles. The summed E-state index contributed by atoms with van der Waals surface area (Å²) in [6.45, 7) is 2.43. The third kappa shape index (κ3) is 3.47. The van der Waals surface area contributed by atoms with Crippen molar-refractivity contribution in [3.05, 3.63) is 6.33 Å². The first-order valence-electron chi connectivity index (χ1n) is 5.23. The Morgan fingerprint density at radius 2 is 2.24 bits per heavy atom. The molecular formula is C10H17N5O2. The number of nitrogens with one attached hydrogen (secondary N) is 1. The van der Waals surface area contributed by atoms with Gasteiger partial charge in [0.15, 0.2) is 5.82 Å². The highest BCUT2D eigenvalue weighted by Gasteiger charge is 2.10. The van der Waals surface area contributed by atoms with Gasteiger partial charge in [-0.1, -0.05) is 0 Å². The monoisotopic (exact) mass is 239 g/mol. The fraction of sp³-hybridized carbons (Fsp3) is 0.500. The second kappa shape index (κ2) is 5.88. The molecule has 0 saturated carbocycles. The Kier molecular flexibility index (Phi) is 4.50. The maximum Gasteiger partial charge on any atom is 0.242 e. The molecule has 0 aliphatic rings. The number of amides is 1. The van der Waals surface area contributed by atoms with Gasteiger partial charge in [-0.25, -0.2) is 4.98 Å². The number of nitrogens with two attached hydrogens (primary N) is 1. The standard InChI is InChI=1S/C10H17N5O2/c1-4-17-10-8(11)9(13-6-14-10)12-5-7(16)15(2)3/h6H,4-5,11H2,1-3H3,(H,12,13,14). The third-order valence-corrected chi connectivity index (χ3v) is 2.03. The molecule has 3 N–H and O–H groups in total. The summed E-state index contributed by atoms with van der Waals surface area (Å²) < 4.78 is 5.22. The van der Waals surface area contributed by atoms with Crippen molar-refractivity contribution in [2.24, 2.45) is 0 Å². The fourth-order valence-corrected chi connectivity index (χ4v) is 1.09. The minimum absolute atomic E-state index is 0.0685. The minimum Gasteiger partial charge on any atom is -0.476 e. The van der Waals surface area contributed by atoms with Gasteiger partial charge in [0.05, 0.1) is 13.2 Å². The zero-order valence-corrected chi connectivity index (χ0v) is 10.2. The number of nitrogen functional groups attached to an aromatic ring is 1. The third-order valence-electron chi connectivity index (χ3n) is 2.03. The van der Waals surface area contributed by atoms with Gasteiger partial charge in [0.25, 0.3) is 0 Å². The van der Waals surface area contributed by atoms with Crippen LogP contribution in [0.4, 0.5) is 11.5 Å². The molecule has 0 atom stereocenters. The molecule has 0 aliphatic carbocycles. The largest absolute Gasteiger partial charge is 0.476 e. The highest BCUT2D eigenvalue weighted by Crippen LogP contribution is 2.23. The Morgan fingerprint density at radius 3 is 2.82 bits per heavy atom. The highest BCUT2D eigenvalue weighted by molar-refractivity contribution is 5.81. The van der Waals surface area contributed by atoms with E-state index in [1.807, 2.05) is 6.92 Å². The Morgan fingerprint density at radius 1 is 1.53 bits per heavy atom. The van der Waals surface area contributed by atoms with Crippen LogP contribution in [-0.4, -0.2) is 48.0 Å². The van der Waals surface area contributed by atoms with E-state index in [0.29, 0.717) is 24.0 Å². The second-order valence-electron chi connectivity index (χ2n) is 3.52. The molecule has 0 bridgehead atoms. The molecule has 0 unspecified atom stereocenters. The zero-order valence-electron chi connectivity index (χ0n) is 10.2. The number of hydrogen-bond acceptors (Lipinski definition) is 6. The average molecular weight is 239 g/mol. The molecule has 7 nitrogen and oxygen atoms in total. The topological polar surface area (TPSA) is 93.4 Å². The van der Waals surface area contributed by atoms with Crippen molar-refractivity contribution in [2.75, 3.05) is 38.3 Å². The van der Waals surface area contributed by atoms with Gasteiger partial charge in [0, 0.05) is 14.1 Å². The van der Waals surface area contributed by atoms with Gasteiger partial charge < -0.3 is 20.7 Å². The van der Waals surface area contributed by atoms with Gasteiger partial charge >= 0.3 is 0 Å². The second-order valence-corrected chi connectivity index (χ2v) is 3.52. The number of rotatable bonds is 5. The molecule has 0 aromatic carbocycles. The number of likely N-dealkylation sites (N-methyl/N-ethyl adjacent to an activating group) is 1. The van der Waals surface area contributed by atoms with Crippen molar-refractivity contribution in [3.63, 3.8) is 0 Å². The maximum absolute atomic E-state index is 11.4. The van der Waals surface area contributed by atoms with Crippen LogP contribution in [0, 0.1) is 0 Å². The Labute approximate surface area is 100.0 Å². The fourth-order valence-electron chi connectivity index (χ4n) is 1.09. The molecule has 0 fully saturated rings. The van der Waals surface area contributed by atoms with E-state index in [-0.39, 0.29) is 12.5 Å². The number of anilines is 2. The average Bonchev–Trinajstić information content (AvgIpc) is 2.30. The molecule has 0 saturated heterocycles. The van der Waals surface area contributed by atoms with Crippen molar-refractivity contribution in [1.29, 1.82) is 0 Å². The van der Waals surface area contributed by atoms with E-state index < -0.39 is 0 Å². The lowest BCUT2D eigenvalue weighted by Crippen LogP contribution is -2.29. The van der Waals surface area contributed by atoms with Crippen LogP contribution in [0.2, 0.25) is 0 Å². The van der Waals surface area contributed by atoms with Gasteiger partial charge in [0.1, 0.15) is 12.0 Å². The summed E-state index contributed by atoms with van der Waals surface area (Å²) in [4.78, 5) is 20.7. The van der Waals surface area contributed by atoms with E-state index in [4.69, 9.17) is 10.5 Å². The predicted octanol–water partition coefficient (Wildman–Crippen LogP) is -0.0424. The van der Waals surface area contributed by atoms with Crippen LogP contribution in [-0.2, 0) is 4.79 Å². The number of aromatic nitrogens is 2. The number of hydrogen-bond donors (Lipinski definition) is 2. The molecular weight excluding hydrogens is 222 g/mol. The number of ether oxygens (including phenoxy) is 1. The summed E-state index contributed by atoms with van der Waals surface area (Å²) >= 11 is 0. The van der Waals surface area contributed by atoms with Crippen molar-refractivity contribution in [3.8, 4) is 5.88 Å². The van der Waals surface area contributed by atoms with E-state index in [0.717, 1.165) is 0 Å². The summed E-state index contributed by atoms with van der Waals surface area (Å²) in [5.74, 6) is 0.655. The van der Waals surface area contributed by atoms with Crippen LogP contribution in [0.5, 0.6) is 5.88 Å². The molecule has 7 heteroatoms.